The van der Waals surface area contributed by atoms with Gasteiger partial charge in [0, 0.05) is 31.8 Å². The molecule has 3 saturated heterocycles. The SMILES string of the molecule is CCCCn1c(N2CCCCCC2)c(/C=C2\SC(=S)N(CC3CCCO3)C2=O)c(C)c(C#N)c1=O. The van der Waals surface area contributed by atoms with E-state index in [2.05, 4.69) is 17.9 Å². The Morgan fingerprint density at radius 3 is 2.57 bits per heavy atom. The molecule has 7 nitrogen and oxygen atoms in total. The summed E-state index contributed by atoms with van der Waals surface area (Å²) in [5.41, 5.74) is 1.34. The number of rotatable bonds is 7. The average molecular weight is 515 g/mol. The van der Waals surface area contributed by atoms with E-state index >= 15 is 0 Å². The number of amides is 1. The highest BCUT2D eigenvalue weighted by Gasteiger charge is 2.35. The number of pyridine rings is 1. The Morgan fingerprint density at radius 1 is 1.20 bits per heavy atom. The van der Waals surface area contributed by atoms with Gasteiger partial charge in [-0.25, -0.2) is 0 Å². The largest absolute Gasteiger partial charge is 0.376 e. The zero-order valence-corrected chi connectivity index (χ0v) is 22.3. The van der Waals surface area contributed by atoms with Gasteiger partial charge >= 0.3 is 0 Å². The van der Waals surface area contributed by atoms with Gasteiger partial charge in [0.2, 0.25) is 0 Å². The fraction of sp³-hybridized carbons (Fsp3) is 0.615. The number of anilines is 1. The van der Waals surface area contributed by atoms with Gasteiger partial charge in [-0.15, -0.1) is 0 Å². The number of hydrogen-bond donors (Lipinski definition) is 0. The molecule has 0 saturated carbocycles. The van der Waals surface area contributed by atoms with E-state index in [0.717, 1.165) is 69.6 Å². The van der Waals surface area contributed by atoms with E-state index in [1.54, 1.807) is 9.47 Å². The van der Waals surface area contributed by atoms with Crippen LogP contribution < -0.4 is 10.5 Å². The third-order valence-corrected chi connectivity index (χ3v) is 8.42. The van der Waals surface area contributed by atoms with E-state index < -0.39 is 0 Å². The van der Waals surface area contributed by atoms with Crippen LogP contribution >= 0.6 is 24.0 Å². The lowest BCUT2D eigenvalue weighted by Gasteiger charge is -2.29. The minimum absolute atomic E-state index is 0.0207. The molecule has 1 atom stereocenters. The lowest BCUT2D eigenvalue weighted by atomic mass is 10.0. The molecule has 4 rings (SSSR count). The first kappa shape index (κ1) is 25.9. The van der Waals surface area contributed by atoms with Gasteiger partial charge in [-0.1, -0.05) is 50.2 Å². The number of carbonyl (C=O) groups is 1. The first-order valence-corrected chi connectivity index (χ1v) is 14.0. The van der Waals surface area contributed by atoms with Crippen LogP contribution in [0.2, 0.25) is 0 Å². The molecule has 3 aliphatic rings. The number of nitrogens with zero attached hydrogens (tertiary/aromatic N) is 4. The van der Waals surface area contributed by atoms with Crippen molar-refractivity contribution in [2.75, 3.05) is 31.1 Å². The molecular weight excluding hydrogens is 480 g/mol. The number of thioether (sulfide) groups is 1. The molecule has 1 amide bonds. The summed E-state index contributed by atoms with van der Waals surface area (Å²) < 4.78 is 8.04. The minimum atomic E-state index is -0.235. The van der Waals surface area contributed by atoms with Gasteiger partial charge in [0.15, 0.2) is 0 Å². The third-order valence-electron chi connectivity index (χ3n) is 7.05. The van der Waals surface area contributed by atoms with Crippen LogP contribution in [-0.2, 0) is 16.1 Å². The maximum Gasteiger partial charge on any atom is 0.270 e. The summed E-state index contributed by atoms with van der Waals surface area (Å²) in [6.07, 6.45) is 10.1. The molecule has 0 spiro atoms. The second kappa shape index (κ2) is 11.7. The summed E-state index contributed by atoms with van der Waals surface area (Å²) in [5.74, 6) is 0.716. The highest BCUT2D eigenvalue weighted by atomic mass is 32.2. The minimum Gasteiger partial charge on any atom is -0.376 e. The molecule has 4 heterocycles. The number of thiocarbonyl (C=S) groups is 1. The lowest BCUT2D eigenvalue weighted by molar-refractivity contribution is -0.123. The molecule has 35 heavy (non-hydrogen) atoms. The van der Waals surface area contributed by atoms with Crippen molar-refractivity contribution in [3.8, 4) is 6.07 Å². The van der Waals surface area contributed by atoms with Gasteiger partial charge in [0.05, 0.1) is 17.6 Å². The first-order valence-electron chi connectivity index (χ1n) is 12.8. The van der Waals surface area contributed by atoms with Gasteiger partial charge in [-0.05, 0) is 50.7 Å². The van der Waals surface area contributed by atoms with E-state index in [9.17, 15) is 14.9 Å². The summed E-state index contributed by atoms with van der Waals surface area (Å²) in [7, 11) is 0. The van der Waals surface area contributed by atoms with Crippen molar-refractivity contribution in [3.05, 3.63) is 31.9 Å². The second-order valence-corrected chi connectivity index (χ2v) is 11.2. The zero-order chi connectivity index (χ0) is 24.9. The molecule has 1 unspecified atom stereocenters. The van der Waals surface area contributed by atoms with Gasteiger partial charge in [0.25, 0.3) is 11.5 Å². The van der Waals surface area contributed by atoms with Crippen molar-refractivity contribution < 1.29 is 9.53 Å². The molecule has 3 fully saturated rings. The quantitative estimate of drug-likeness (QED) is 0.389. The molecule has 188 valence electrons. The Kier molecular flexibility index (Phi) is 8.68. The van der Waals surface area contributed by atoms with Crippen molar-refractivity contribution in [1.29, 1.82) is 5.26 Å². The molecule has 9 heteroatoms. The van der Waals surface area contributed by atoms with Crippen molar-refractivity contribution >= 4 is 46.1 Å². The van der Waals surface area contributed by atoms with Crippen LogP contribution in [0.25, 0.3) is 6.08 Å². The predicted molar refractivity (Wildman–Crippen MR) is 145 cm³/mol. The lowest BCUT2D eigenvalue weighted by Crippen LogP contribution is -2.36. The number of nitriles is 1. The molecule has 0 bridgehead atoms. The fourth-order valence-electron chi connectivity index (χ4n) is 5.07. The maximum absolute atomic E-state index is 13.4. The second-order valence-electron chi connectivity index (χ2n) is 9.49. The van der Waals surface area contributed by atoms with Gasteiger partial charge in [-0.3, -0.25) is 19.1 Å². The van der Waals surface area contributed by atoms with Crippen LogP contribution in [0.5, 0.6) is 0 Å². The van der Waals surface area contributed by atoms with Crippen molar-refractivity contribution in [1.82, 2.24) is 9.47 Å². The normalized spacial score (nSPS) is 22.2. The Labute approximate surface area is 217 Å². The molecule has 0 radical (unpaired) electrons. The van der Waals surface area contributed by atoms with Crippen LogP contribution in [0.3, 0.4) is 0 Å². The standard InChI is InChI=1S/C26H34N4O3S2/c1-3-4-13-29-23(28-11-7-5-6-8-12-28)20(18(2)21(16-27)24(29)31)15-22-25(32)30(26(34)35-22)17-19-10-9-14-33-19/h15,19H,3-14,17H2,1-2H3/b22-15-. The first-order chi connectivity index (χ1) is 17.0. The van der Waals surface area contributed by atoms with E-state index in [1.165, 1.54) is 24.6 Å². The van der Waals surface area contributed by atoms with Crippen molar-refractivity contribution in [3.63, 3.8) is 0 Å². The van der Waals surface area contributed by atoms with Crippen LogP contribution in [0.4, 0.5) is 5.82 Å². The fourth-order valence-corrected chi connectivity index (χ4v) is 6.33. The Balaban J connectivity index is 1.81. The number of hydrogen-bond acceptors (Lipinski definition) is 7. The Bertz CT molecular complexity index is 1110. The van der Waals surface area contributed by atoms with Crippen molar-refractivity contribution in [2.24, 2.45) is 0 Å². The van der Waals surface area contributed by atoms with Gasteiger partial charge in [0.1, 0.15) is 21.8 Å². The Morgan fingerprint density at radius 2 is 1.94 bits per heavy atom. The topological polar surface area (TPSA) is 78.6 Å². The molecule has 1 aromatic heterocycles. The summed E-state index contributed by atoms with van der Waals surface area (Å²) in [5, 5.41) is 9.86. The molecule has 0 aromatic carbocycles. The highest BCUT2D eigenvalue weighted by Crippen LogP contribution is 2.37. The summed E-state index contributed by atoms with van der Waals surface area (Å²) >= 11 is 6.85. The van der Waals surface area contributed by atoms with Crippen LogP contribution in [0.15, 0.2) is 9.70 Å². The summed E-state index contributed by atoms with van der Waals surface area (Å²) in [6, 6.07) is 2.14. The third kappa shape index (κ3) is 5.50. The molecular formula is C26H34N4O3S2. The average Bonchev–Trinajstić information content (AvgIpc) is 3.34. The van der Waals surface area contributed by atoms with E-state index in [1.807, 2.05) is 13.0 Å². The number of aromatic nitrogens is 1. The molecule has 1 aromatic rings. The van der Waals surface area contributed by atoms with Gasteiger partial charge in [-0.2, -0.15) is 5.26 Å². The molecule has 0 N–H and O–H groups in total. The van der Waals surface area contributed by atoms with Crippen LogP contribution in [-0.4, -0.2) is 52.0 Å². The Hall–Kier alpha value is -2.15. The van der Waals surface area contributed by atoms with Crippen LogP contribution in [0, 0.1) is 18.3 Å². The molecule has 0 aliphatic carbocycles. The summed E-state index contributed by atoms with van der Waals surface area (Å²) in [4.78, 5) is 31.3. The zero-order valence-electron chi connectivity index (χ0n) is 20.7. The monoisotopic (exact) mass is 514 g/mol. The molecule has 3 aliphatic heterocycles. The van der Waals surface area contributed by atoms with E-state index in [-0.39, 0.29) is 23.1 Å². The predicted octanol–water partition coefficient (Wildman–Crippen LogP) is 4.59. The number of ether oxygens (including phenoxy) is 1. The van der Waals surface area contributed by atoms with Crippen molar-refractivity contribution in [2.45, 2.75) is 77.9 Å². The number of carbonyl (C=O) groups excluding carboxylic acids is 1. The van der Waals surface area contributed by atoms with Crippen LogP contribution in [0.1, 0.15) is 75.0 Å². The number of unbranched alkanes of at least 4 members (excludes halogenated alkanes) is 1. The van der Waals surface area contributed by atoms with E-state index in [4.69, 9.17) is 17.0 Å². The smallest absolute Gasteiger partial charge is 0.270 e. The van der Waals surface area contributed by atoms with E-state index in [0.29, 0.717) is 27.9 Å². The summed E-state index contributed by atoms with van der Waals surface area (Å²) in [6.45, 7) is 7.39. The van der Waals surface area contributed by atoms with Gasteiger partial charge < -0.3 is 9.64 Å². The maximum atomic E-state index is 13.4. The highest BCUT2D eigenvalue weighted by molar-refractivity contribution is 8.26.